The Morgan fingerprint density at radius 1 is 1.50 bits per heavy atom. The molecule has 0 unspecified atom stereocenters. The number of nitrogens with two attached hydrogens (primary N) is 1. The van der Waals surface area contributed by atoms with E-state index < -0.39 is 0 Å². The number of amidine groups is 1. The number of hydrogen-bond acceptors (Lipinski definition) is 4. The quantitative estimate of drug-likeness (QED) is 0.521. The fraction of sp³-hybridized carbons (Fsp3) is 0.417. The van der Waals surface area contributed by atoms with Crippen molar-refractivity contribution in [3.63, 3.8) is 0 Å². The van der Waals surface area contributed by atoms with Gasteiger partial charge in [0.1, 0.15) is 5.84 Å². The zero-order valence-corrected chi connectivity index (χ0v) is 11.9. The van der Waals surface area contributed by atoms with E-state index in [9.17, 15) is 0 Å². The molecule has 5 nitrogen and oxygen atoms in total. The average molecular weight is 316 g/mol. The van der Waals surface area contributed by atoms with Gasteiger partial charge in [-0.25, -0.2) is 0 Å². The largest absolute Gasteiger partial charge is 0.395 e. The van der Waals surface area contributed by atoms with Crippen molar-refractivity contribution in [1.82, 2.24) is 0 Å². The van der Waals surface area contributed by atoms with Crippen LogP contribution in [0.5, 0.6) is 0 Å². The van der Waals surface area contributed by atoms with Crippen LogP contribution >= 0.6 is 15.9 Å². The van der Waals surface area contributed by atoms with Crippen molar-refractivity contribution in [3.8, 4) is 0 Å². The predicted molar refractivity (Wildman–Crippen MR) is 76.3 cm³/mol. The number of rotatable bonds is 7. The van der Waals surface area contributed by atoms with Crippen molar-refractivity contribution in [2.75, 3.05) is 38.3 Å². The Bertz CT molecular complexity index is 412. The number of halogens is 1. The monoisotopic (exact) mass is 315 g/mol. The Labute approximate surface area is 115 Å². The second-order valence-corrected chi connectivity index (χ2v) is 4.69. The summed E-state index contributed by atoms with van der Waals surface area (Å²) in [5.41, 5.74) is 7.07. The van der Waals surface area contributed by atoms with Gasteiger partial charge in [0.15, 0.2) is 0 Å². The first-order valence-corrected chi connectivity index (χ1v) is 6.38. The van der Waals surface area contributed by atoms with Gasteiger partial charge in [0, 0.05) is 35.9 Å². The van der Waals surface area contributed by atoms with E-state index in [4.69, 9.17) is 21.0 Å². The van der Waals surface area contributed by atoms with Crippen molar-refractivity contribution >= 4 is 27.5 Å². The molecule has 0 aromatic heterocycles. The number of nitrogen functional groups attached to an aromatic ring is 1. The molecule has 0 spiro atoms. The van der Waals surface area contributed by atoms with Crippen LogP contribution in [-0.2, 0) is 4.74 Å². The molecule has 100 valence electrons. The summed E-state index contributed by atoms with van der Waals surface area (Å²) in [5.74, 6) is 0.00616. The topological polar surface area (TPSA) is 82.6 Å². The SMILES string of the molecule is COCCN(CCO)c1ccc(Br)cc1C(=N)N. The number of methoxy groups -OCH3 is 1. The summed E-state index contributed by atoms with van der Waals surface area (Å²) in [6, 6.07) is 5.57. The van der Waals surface area contributed by atoms with Crippen LogP contribution in [0.15, 0.2) is 22.7 Å². The summed E-state index contributed by atoms with van der Waals surface area (Å²) in [6.45, 7) is 1.70. The van der Waals surface area contributed by atoms with Crippen LogP contribution in [0.3, 0.4) is 0 Å². The van der Waals surface area contributed by atoms with Crippen LogP contribution in [-0.4, -0.2) is 44.4 Å². The summed E-state index contributed by atoms with van der Waals surface area (Å²) in [6.07, 6.45) is 0. The fourth-order valence-electron chi connectivity index (χ4n) is 1.67. The lowest BCUT2D eigenvalue weighted by Gasteiger charge is -2.26. The fourth-order valence-corrected chi connectivity index (χ4v) is 2.04. The predicted octanol–water partition coefficient (Wildman–Crippen LogP) is 1.18. The van der Waals surface area contributed by atoms with Gasteiger partial charge in [0.25, 0.3) is 0 Å². The molecule has 0 heterocycles. The number of benzene rings is 1. The molecule has 0 aliphatic heterocycles. The third kappa shape index (κ3) is 3.97. The Morgan fingerprint density at radius 2 is 2.22 bits per heavy atom. The Balaban J connectivity index is 3.05. The molecular weight excluding hydrogens is 298 g/mol. The molecule has 0 bridgehead atoms. The van der Waals surface area contributed by atoms with Gasteiger partial charge in [-0.2, -0.15) is 0 Å². The van der Waals surface area contributed by atoms with E-state index in [-0.39, 0.29) is 12.4 Å². The van der Waals surface area contributed by atoms with Crippen molar-refractivity contribution in [3.05, 3.63) is 28.2 Å². The zero-order chi connectivity index (χ0) is 13.5. The summed E-state index contributed by atoms with van der Waals surface area (Å²) in [4.78, 5) is 1.95. The van der Waals surface area contributed by atoms with Crippen LogP contribution in [0.1, 0.15) is 5.56 Å². The maximum atomic E-state index is 9.10. The molecule has 1 aromatic rings. The highest BCUT2D eigenvalue weighted by Gasteiger charge is 2.13. The van der Waals surface area contributed by atoms with Crippen molar-refractivity contribution in [2.45, 2.75) is 0 Å². The Morgan fingerprint density at radius 3 is 2.78 bits per heavy atom. The van der Waals surface area contributed by atoms with E-state index in [2.05, 4.69) is 15.9 Å². The number of ether oxygens (including phenoxy) is 1. The summed E-state index contributed by atoms with van der Waals surface area (Å²) >= 11 is 3.36. The van der Waals surface area contributed by atoms with E-state index in [1.807, 2.05) is 17.0 Å². The van der Waals surface area contributed by atoms with Gasteiger partial charge in [0.05, 0.1) is 13.2 Å². The Hall–Kier alpha value is -1.11. The molecule has 0 aliphatic rings. The van der Waals surface area contributed by atoms with Gasteiger partial charge in [-0.1, -0.05) is 15.9 Å². The minimum Gasteiger partial charge on any atom is -0.395 e. The second-order valence-electron chi connectivity index (χ2n) is 3.78. The van der Waals surface area contributed by atoms with Gasteiger partial charge >= 0.3 is 0 Å². The van der Waals surface area contributed by atoms with Crippen molar-refractivity contribution in [1.29, 1.82) is 5.41 Å². The standard InChI is InChI=1S/C12H18BrN3O2/c1-18-7-5-16(4-6-17)11-3-2-9(13)8-10(11)12(14)15/h2-3,8,17H,4-7H2,1H3,(H3,14,15). The minimum absolute atomic E-state index is 0.00616. The molecule has 6 heteroatoms. The number of nitrogens with zero attached hydrogens (tertiary/aromatic N) is 1. The zero-order valence-electron chi connectivity index (χ0n) is 10.3. The van der Waals surface area contributed by atoms with Crippen LogP contribution in [0.4, 0.5) is 5.69 Å². The molecule has 0 saturated heterocycles. The lowest BCUT2D eigenvalue weighted by Crippen LogP contribution is -2.32. The van der Waals surface area contributed by atoms with Gasteiger partial charge in [-0.05, 0) is 18.2 Å². The molecule has 4 N–H and O–H groups in total. The number of hydrogen-bond donors (Lipinski definition) is 3. The normalized spacial score (nSPS) is 10.4. The lowest BCUT2D eigenvalue weighted by atomic mass is 10.1. The highest BCUT2D eigenvalue weighted by Crippen LogP contribution is 2.24. The molecule has 0 amide bonds. The first-order valence-electron chi connectivity index (χ1n) is 5.58. The number of nitrogens with one attached hydrogen (secondary N) is 1. The van der Waals surface area contributed by atoms with Crippen LogP contribution < -0.4 is 10.6 Å². The summed E-state index contributed by atoms with van der Waals surface area (Å²) in [5, 5.41) is 16.7. The third-order valence-corrected chi connectivity index (χ3v) is 3.02. The van der Waals surface area contributed by atoms with E-state index in [1.54, 1.807) is 13.2 Å². The first-order chi connectivity index (χ1) is 8.60. The molecular formula is C12H18BrN3O2. The van der Waals surface area contributed by atoms with Gasteiger partial charge in [-0.15, -0.1) is 0 Å². The van der Waals surface area contributed by atoms with Gasteiger partial charge < -0.3 is 20.5 Å². The molecule has 0 fully saturated rings. The molecule has 0 atom stereocenters. The molecule has 0 radical (unpaired) electrons. The minimum atomic E-state index is 0.00616. The van der Waals surface area contributed by atoms with Gasteiger partial charge in [-0.3, -0.25) is 5.41 Å². The Kier molecular flexibility index (Phi) is 6.11. The average Bonchev–Trinajstić information content (AvgIpc) is 2.34. The summed E-state index contributed by atoms with van der Waals surface area (Å²) in [7, 11) is 1.63. The molecule has 0 saturated carbocycles. The smallest absolute Gasteiger partial charge is 0.124 e. The molecule has 1 rings (SSSR count). The van der Waals surface area contributed by atoms with E-state index in [1.165, 1.54) is 0 Å². The van der Waals surface area contributed by atoms with Crippen LogP contribution in [0.25, 0.3) is 0 Å². The second kappa shape index (κ2) is 7.35. The number of aliphatic hydroxyl groups excluding tert-OH is 1. The molecule has 18 heavy (non-hydrogen) atoms. The maximum absolute atomic E-state index is 9.10. The lowest BCUT2D eigenvalue weighted by molar-refractivity contribution is 0.203. The van der Waals surface area contributed by atoms with Crippen LogP contribution in [0, 0.1) is 5.41 Å². The molecule has 1 aromatic carbocycles. The molecule has 0 aliphatic carbocycles. The third-order valence-electron chi connectivity index (χ3n) is 2.52. The number of anilines is 1. The maximum Gasteiger partial charge on any atom is 0.124 e. The van der Waals surface area contributed by atoms with E-state index in [0.29, 0.717) is 25.3 Å². The van der Waals surface area contributed by atoms with Crippen molar-refractivity contribution < 1.29 is 9.84 Å². The van der Waals surface area contributed by atoms with Crippen LogP contribution in [0.2, 0.25) is 0 Å². The highest BCUT2D eigenvalue weighted by atomic mass is 79.9. The summed E-state index contributed by atoms with van der Waals surface area (Å²) < 4.78 is 5.91. The van der Waals surface area contributed by atoms with Gasteiger partial charge in [0.2, 0.25) is 0 Å². The van der Waals surface area contributed by atoms with E-state index in [0.717, 1.165) is 10.2 Å². The number of aliphatic hydroxyl groups is 1. The first kappa shape index (κ1) is 14.9. The highest BCUT2D eigenvalue weighted by molar-refractivity contribution is 9.10. The van der Waals surface area contributed by atoms with E-state index >= 15 is 0 Å². The van der Waals surface area contributed by atoms with Crippen molar-refractivity contribution in [2.24, 2.45) is 5.73 Å².